The summed E-state index contributed by atoms with van der Waals surface area (Å²) in [5.74, 6) is 0.662. The van der Waals surface area contributed by atoms with Gasteiger partial charge < -0.3 is 0 Å². The van der Waals surface area contributed by atoms with Gasteiger partial charge in [0, 0.05) is 0 Å². The van der Waals surface area contributed by atoms with Crippen LogP contribution in [0.2, 0.25) is 0 Å². The Morgan fingerprint density at radius 1 is 1.58 bits per heavy atom. The van der Waals surface area contributed by atoms with Crippen molar-refractivity contribution in [1.29, 1.82) is 0 Å². The Morgan fingerprint density at radius 2 is 2.33 bits per heavy atom. The van der Waals surface area contributed by atoms with Crippen LogP contribution in [0.25, 0.3) is 0 Å². The summed E-state index contributed by atoms with van der Waals surface area (Å²) in [7, 11) is 0. The highest BCUT2D eigenvalue weighted by molar-refractivity contribution is 5.06. The van der Waals surface area contributed by atoms with Crippen LogP contribution in [0, 0.1) is 5.92 Å². The van der Waals surface area contributed by atoms with E-state index in [4.69, 9.17) is 9.78 Å². The molecule has 12 heavy (non-hydrogen) atoms. The van der Waals surface area contributed by atoms with E-state index in [1.165, 1.54) is 18.4 Å². The molecule has 0 aromatic heterocycles. The summed E-state index contributed by atoms with van der Waals surface area (Å²) in [6.45, 7) is 5.12. The molecule has 1 aliphatic carbocycles. The lowest BCUT2D eigenvalue weighted by atomic mass is 9.78. The van der Waals surface area contributed by atoms with Gasteiger partial charge in [0.1, 0.15) is 12.2 Å². The predicted molar refractivity (Wildman–Crippen MR) is 46.5 cm³/mol. The van der Waals surface area contributed by atoms with Gasteiger partial charge in [0.05, 0.1) is 0 Å². The molecule has 1 fully saturated rings. The van der Waals surface area contributed by atoms with Gasteiger partial charge in [0.15, 0.2) is 0 Å². The lowest BCUT2D eigenvalue weighted by Gasteiger charge is -2.43. The molecule has 1 aliphatic heterocycles. The first-order valence-electron chi connectivity index (χ1n) is 4.67. The third kappa shape index (κ3) is 1.29. The minimum Gasteiger partial charge on any atom is -0.233 e. The Morgan fingerprint density at radius 3 is 2.75 bits per heavy atom. The fraction of sp³-hybridized carbons (Fsp3) is 0.800. The SMILES string of the molecule is CC1=CCC(C2(C)COO2)CC1. The summed E-state index contributed by atoms with van der Waals surface area (Å²) in [5.41, 5.74) is 1.53. The molecule has 1 saturated heterocycles. The van der Waals surface area contributed by atoms with Crippen molar-refractivity contribution >= 4 is 0 Å². The zero-order chi connectivity index (χ0) is 8.60. The second-order valence-corrected chi connectivity index (χ2v) is 4.18. The van der Waals surface area contributed by atoms with Crippen molar-refractivity contribution < 1.29 is 9.78 Å². The Balaban J connectivity index is 1.98. The van der Waals surface area contributed by atoms with E-state index < -0.39 is 0 Å². The van der Waals surface area contributed by atoms with Crippen LogP contribution in [-0.2, 0) is 9.78 Å². The maximum Gasteiger partial charge on any atom is 0.130 e. The van der Waals surface area contributed by atoms with Crippen LogP contribution in [0.1, 0.15) is 33.1 Å². The fourth-order valence-electron chi connectivity index (χ4n) is 1.95. The van der Waals surface area contributed by atoms with E-state index in [2.05, 4.69) is 19.9 Å². The Labute approximate surface area is 73.5 Å². The monoisotopic (exact) mass is 168 g/mol. The molecule has 0 amide bonds. The van der Waals surface area contributed by atoms with E-state index in [0.29, 0.717) is 5.92 Å². The standard InChI is InChI=1S/C10H16O2/c1-8-3-5-9(6-4-8)10(2)7-11-12-10/h3,9H,4-7H2,1-2H3. The van der Waals surface area contributed by atoms with Crippen molar-refractivity contribution in [3.63, 3.8) is 0 Å². The highest BCUT2D eigenvalue weighted by Gasteiger charge is 2.43. The minimum absolute atomic E-state index is 0.0111. The van der Waals surface area contributed by atoms with Crippen LogP contribution in [0.4, 0.5) is 0 Å². The second-order valence-electron chi connectivity index (χ2n) is 4.18. The molecule has 2 atom stereocenters. The minimum atomic E-state index is 0.0111. The highest BCUT2D eigenvalue weighted by atomic mass is 17.2. The van der Waals surface area contributed by atoms with Gasteiger partial charge >= 0.3 is 0 Å². The van der Waals surface area contributed by atoms with Gasteiger partial charge in [-0.25, -0.2) is 9.78 Å². The van der Waals surface area contributed by atoms with E-state index in [9.17, 15) is 0 Å². The first kappa shape index (κ1) is 8.27. The molecule has 2 heteroatoms. The summed E-state index contributed by atoms with van der Waals surface area (Å²) >= 11 is 0. The molecular weight excluding hydrogens is 152 g/mol. The van der Waals surface area contributed by atoms with E-state index in [1.54, 1.807) is 0 Å². The largest absolute Gasteiger partial charge is 0.233 e. The molecule has 0 aromatic rings. The maximum atomic E-state index is 5.16. The molecule has 0 saturated carbocycles. The van der Waals surface area contributed by atoms with Gasteiger partial charge in [-0.1, -0.05) is 11.6 Å². The van der Waals surface area contributed by atoms with Crippen LogP contribution < -0.4 is 0 Å². The molecule has 2 unspecified atom stereocenters. The van der Waals surface area contributed by atoms with Crippen molar-refractivity contribution in [2.45, 2.75) is 38.7 Å². The molecule has 1 heterocycles. The lowest BCUT2D eigenvalue weighted by molar-refractivity contribution is -0.478. The molecule has 0 spiro atoms. The molecule has 0 aromatic carbocycles. The van der Waals surface area contributed by atoms with Gasteiger partial charge in [0.25, 0.3) is 0 Å². The molecule has 2 rings (SSSR count). The van der Waals surface area contributed by atoms with Crippen molar-refractivity contribution in [2.24, 2.45) is 5.92 Å². The summed E-state index contributed by atoms with van der Waals surface area (Å²) in [4.78, 5) is 9.96. The molecule has 68 valence electrons. The lowest BCUT2D eigenvalue weighted by Crippen LogP contribution is -2.51. The summed E-state index contributed by atoms with van der Waals surface area (Å²) in [5, 5.41) is 0. The van der Waals surface area contributed by atoms with E-state index in [-0.39, 0.29) is 5.60 Å². The summed E-state index contributed by atoms with van der Waals surface area (Å²) in [6.07, 6.45) is 5.97. The van der Waals surface area contributed by atoms with E-state index in [0.717, 1.165) is 13.0 Å². The van der Waals surface area contributed by atoms with Crippen molar-refractivity contribution in [1.82, 2.24) is 0 Å². The quantitative estimate of drug-likeness (QED) is 0.442. The maximum absolute atomic E-state index is 5.16. The Kier molecular flexibility index (Phi) is 1.97. The summed E-state index contributed by atoms with van der Waals surface area (Å²) < 4.78 is 0. The number of rotatable bonds is 1. The van der Waals surface area contributed by atoms with Crippen LogP contribution in [0.5, 0.6) is 0 Å². The van der Waals surface area contributed by atoms with E-state index >= 15 is 0 Å². The molecule has 0 bridgehead atoms. The Bertz CT molecular complexity index is 204. The van der Waals surface area contributed by atoms with Gasteiger partial charge in [-0.3, -0.25) is 0 Å². The number of hydrogen-bond acceptors (Lipinski definition) is 2. The molecule has 0 radical (unpaired) electrons. The van der Waals surface area contributed by atoms with Crippen LogP contribution in [-0.4, -0.2) is 12.2 Å². The average molecular weight is 168 g/mol. The fourth-order valence-corrected chi connectivity index (χ4v) is 1.95. The third-order valence-electron chi connectivity index (χ3n) is 3.10. The average Bonchev–Trinajstić information content (AvgIpc) is 2.02. The molecule has 0 N–H and O–H groups in total. The van der Waals surface area contributed by atoms with Crippen molar-refractivity contribution in [2.75, 3.05) is 6.61 Å². The van der Waals surface area contributed by atoms with Crippen molar-refractivity contribution in [3.05, 3.63) is 11.6 Å². The first-order chi connectivity index (χ1) is 5.71. The molecule has 2 aliphatic rings. The normalized spacial score (nSPS) is 41.8. The van der Waals surface area contributed by atoms with Crippen LogP contribution in [0.15, 0.2) is 11.6 Å². The smallest absolute Gasteiger partial charge is 0.130 e. The zero-order valence-electron chi connectivity index (χ0n) is 7.80. The van der Waals surface area contributed by atoms with Gasteiger partial charge in [-0.15, -0.1) is 0 Å². The summed E-state index contributed by atoms with van der Waals surface area (Å²) in [6, 6.07) is 0. The number of allylic oxidation sites excluding steroid dienone is 2. The van der Waals surface area contributed by atoms with Crippen LogP contribution >= 0.6 is 0 Å². The highest BCUT2D eigenvalue weighted by Crippen LogP contribution is 2.38. The first-order valence-corrected chi connectivity index (χ1v) is 4.67. The van der Waals surface area contributed by atoms with Crippen molar-refractivity contribution in [3.8, 4) is 0 Å². The van der Waals surface area contributed by atoms with Gasteiger partial charge in [0.2, 0.25) is 0 Å². The molecule has 2 nitrogen and oxygen atoms in total. The number of hydrogen-bond donors (Lipinski definition) is 0. The topological polar surface area (TPSA) is 18.5 Å². The molecular formula is C10H16O2. The van der Waals surface area contributed by atoms with Gasteiger partial charge in [-0.05, 0) is 39.0 Å². The predicted octanol–water partition coefficient (Wildman–Crippen LogP) is 2.45. The van der Waals surface area contributed by atoms with Gasteiger partial charge in [-0.2, -0.15) is 0 Å². The second kappa shape index (κ2) is 2.86. The van der Waals surface area contributed by atoms with E-state index in [1.807, 2.05) is 0 Å². The third-order valence-corrected chi connectivity index (χ3v) is 3.10. The zero-order valence-corrected chi connectivity index (χ0v) is 7.80. The van der Waals surface area contributed by atoms with Crippen LogP contribution in [0.3, 0.4) is 0 Å². The Hall–Kier alpha value is -0.340.